The first-order valence-electron chi connectivity index (χ1n) is 13.4. The number of nitrogens with two attached hydrogens (primary N) is 2. The molecule has 4 nitrogen and oxygen atoms in total. The van der Waals surface area contributed by atoms with Crippen LogP contribution >= 0.6 is 0 Å². The number of rotatable bonds is 21. The van der Waals surface area contributed by atoms with Gasteiger partial charge in [0.15, 0.2) is 0 Å². The molecule has 0 bridgehead atoms. The second-order valence-corrected chi connectivity index (χ2v) is 9.53. The first-order chi connectivity index (χ1) is 14.8. The molecule has 0 radical (unpaired) electrons. The molecular weight excluding hydrogens is 372 g/mol. The Labute approximate surface area is 188 Å². The molecule has 1 aliphatic rings. The van der Waals surface area contributed by atoms with Crippen molar-refractivity contribution < 1.29 is 9.47 Å². The monoisotopic (exact) mass is 426 g/mol. The van der Waals surface area contributed by atoms with Crippen molar-refractivity contribution in [1.82, 2.24) is 0 Å². The summed E-state index contributed by atoms with van der Waals surface area (Å²) < 4.78 is 11.9. The molecule has 1 rings (SSSR count). The van der Waals surface area contributed by atoms with Gasteiger partial charge in [-0.3, -0.25) is 0 Å². The van der Waals surface area contributed by atoms with Crippen molar-refractivity contribution in [3.8, 4) is 0 Å². The Hall–Kier alpha value is -0.160. The lowest BCUT2D eigenvalue weighted by molar-refractivity contribution is -0.115. The normalized spacial score (nSPS) is 19.1. The number of hydrogen-bond donors (Lipinski definition) is 2. The molecule has 0 amide bonds. The zero-order valence-electron chi connectivity index (χ0n) is 20.3. The molecule has 1 fully saturated rings. The Balaban J connectivity index is 2.38. The Morgan fingerprint density at radius 1 is 0.700 bits per heavy atom. The van der Waals surface area contributed by atoms with Gasteiger partial charge in [-0.2, -0.15) is 0 Å². The molecule has 0 saturated carbocycles. The Bertz CT molecular complexity index is 348. The first-order valence-corrected chi connectivity index (χ1v) is 13.4. The minimum absolute atomic E-state index is 0.289. The van der Waals surface area contributed by atoms with Crippen LogP contribution in [-0.4, -0.2) is 39.0 Å². The van der Waals surface area contributed by atoms with Crippen molar-refractivity contribution in [2.24, 2.45) is 23.3 Å². The lowest BCUT2D eigenvalue weighted by atomic mass is 9.81. The molecule has 0 aromatic heterocycles. The molecule has 1 saturated heterocycles. The molecule has 3 atom stereocenters. The van der Waals surface area contributed by atoms with Crippen LogP contribution in [0, 0.1) is 11.8 Å². The topological polar surface area (TPSA) is 70.5 Å². The number of hydrogen-bond acceptors (Lipinski definition) is 4. The van der Waals surface area contributed by atoms with E-state index >= 15 is 0 Å². The van der Waals surface area contributed by atoms with Gasteiger partial charge in [0, 0.05) is 0 Å². The second kappa shape index (κ2) is 20.7. The average molecular weight is 427 g/mol. The quantitative estimate of drug-likeness (QED) is 0.214. The summed E-state index contributed by atoms with van der Waals surface area (Å²) in [5, 5.41) is 0. The van der Waals surface area contributed by atoms with Crippen molar-refractivity contribution in [2.45, 2.75) is 122 Å². The van der Waals surface area contributed by atoms with Gasteiger partial charge in [0.05, 0.1) is 25.9 Å². The van der Waals surface area contributed by atoms with Gasteiger partial charge >= 0.3 is 0 Å². The van der Waals surface area contributed by atoms with Crippen LogP contribution in [-0.2, 0) is 9.47 Å². The Morgan fingerprint density at radius 3 is 1.83 bits per heavy atom. The third kappa shape index (κ3) is 14.8. The summed E-state index contributed by atoms with van der Waals surface area (Å²) in [4.78, 5) is 0. The van der Waals surface area contributed by atoms with Crippen LogP contribution in [0.15, 0.2) is 0 Å². The van der Waals surface area contributed by atoms with Crippen LogP contribution in [0.4, 0.5) is 0 Å². The third-order valence-corrected chi connectivity index (χ3v) is 6.82. The van der Waals surface area contributed by atoms with Gasteiger partial charge in [0.2, 0.25) is 0 Å². The van der Waals surface area contributed by atoms with Crippen molar-refractivity contribution in [3.05, 3.63) is 0 Å². The minimum Gasteiger partial charge on any atom is -0.376 e. The zero-order chi connectivity index (χ0) is 21.7. The third-order valence-electron chi connectivity index (χ3n) is 6.82. The van der Waals surface area contributed by atoms with Crippen LogP contribution in [0.25, 0.3) is 0 Å². The predicted octanol–water partition coefficient (Wildman–Crippen LogP) is 6.20. The predicted molar refractivity (Wildman–Crippen MR) is 130 cm³/mol. The fourth-order valence-corrected chi connectivity index (χ4v) is 4.91. The first kappa shape index (κ1) is 27.9. The minimum atomic E-state index is 0.289. The van der Waals surface area contributed by atoms with Gasteiger partial charge in [-0.15, -0.1) is 0 Å². The van der Waals surface area contributed by atoms with Crippen LogP contribution in [0.2, 0.25) is 0 Å². The fourth-order valence-electron chi connectivity index (χ4n) is 4.91. The Kier molecular flexibility index (Phi) is 19.3. The summed E-state index contributed by atoms with van der Waals surface area (Å²) in [6.45, 7) is 6.21. The highest BCUT2D eigenvalue weighted by Gasteiger charge is 2.27. The van der Waals surface area contributed by atoms with E-state index in [4.69, 9.17) is 20.9 Å². The van der Waals surface area contributed by atoms with Crippen LogP contribution in [0.1, 0.15) is 116 Å². The van der Waals surface area contributed by atoms with E-state index in [1.165, 1.54) is 96.3 Å². The van der Waals surface area contributed by atoms with E-state index in [9.17, 15) is 0 Å². The fraction of sp³-hybridized carbons (Fsp3) is 1.00. The Morgan fingerprint density at radius 2 is 1.27 bits per heavy atom. The van der Waals surface area contributed by atoms with Gasteiger partial charge in [0.25, 0.3) is 0 Å². The highest BCUT2D eigenvalue weighted by atomic mass is 16.6. The summed E-state index contributed by atoms with van der Waals surface area (Å²) in [5.41, 5.74) is 11.5. The number of ether oxygens (including phenoxy) is 2. The maximum atomic E-state index is 6.12. The van der Waals surface area contributed by atoms with Crippen molar-refractivity contribution in [2.75, 3.05) is 32.9 Å². The van der Waals surface area contributed by atoms with Crippen LogP contribution < -0.4 is 11.5 Å². The van der Waals surface area contributed by atoms with E-state index < -0.39 is 0 Å². The summed E-state index contributed by atoms with van der Waals surface area (Å²) in [6, 6.07) is 0. The van der Waals surface area contributed by atoms with Crippen molar-refractivity contribution >= 4 is 0 Å². The number of unbranched alkanes of at least 4 members (excludes halogenated alkanes) is 10. The van der Waals surface area contributed by atoms with E-state index in [0.29, 0.717) is 5.92 Å². The van der Waals surface area contributed by atoms with Gasteiger partial charge < -0.3 is 20.9 Å². The highest BCUT2D eigenvalue weighted by molar-refractivity contribution is 4.77. The smallest absolute Gasteiger partial charge is 0.0837 e. The molecule has 0 aromatic carbocycles. The van der Waals surface area contributed by atoms with Crippen molar-refractivity contribution in [3.63, 3.8) is 0 Å². The standard InChI is InChI=1S/C26H54N2O2/c1-2-3-4-5-6-7-8-9-10-15-24(16-11-13-18-27)22-25(17-12-14-19-28)26-23-29-20-21-30-26/h24-26H,2-23,27-28H2,1H3. The van der Waals surface area contributed by atoms with Gasteiger partial charge in [0.1, 0.15) is 0 Å². The van der Waals surface area contributed by atoms with E-state index in [1.807, 2.05) is 0 Å². The molecule has 4 N–H and O–H groups in total. The summed E-state index contributed by atoms with van der Waals surface area (Å²) in [5.74, 6) is 1.44. The molecule has 0 aliphatic carbocycles. The molecular formula is C26H54N2O2. The SMILES string of the molecule is CCCCCCCCCCCC(CCCCN)CC(CCCCN)C1COCCO1. The zero-order valence-corrected chi connectivity index (χ0v) is 20.3. The van der Waals surface area contributed by atoms with Gasteiger partial charge in [-0.25, -0.2) is 0 Å². The van der Waals surface area contributed by atoms with Gasteiger partial charge in [-0.1, -0.05) is 90.4 Å². The van der Waals surface area contributed by atoms with E-state index in [0.717, 1.165) is 51.7 Å². The molecule has 1 heterocycles. The molecule has 4 heteroatoms. The lowest BCUT2D eigenvalue weighted by Gasteiger charge is -2.33. The summed E-state index contributed by atoms with van der Waals surface area (Å²) in [7, 11) is 0. The molecule has 0 aromatic rings. The largest absolute Gasteiger partial charge is 0.376 e. The van der Waals surface area contributed by atoms with Gasteiger partial charge in [-0.05, 0) is 50.6 Å². The molecule has 1 aliphatic heterocycles. The van der Waals surface area contributed by atoms with E-state index in [-0.39, 0.29) is 6.10 Å². The molecule has 30 heavy (non-hydrogen) atoms. The van der Waals surface area contributed by atoms with Crippen LogP contribution in [0.5, 0.6) is 0 Å². The summed E-state index contributed by atoms with van der Waals surface area (Å²) >= 11 is 0. The maximum Gasteiger partial charge on any atom is 0.0837 e. The van der Waals surface area contributed by atoms with Crippen molar-refractivity contribution in [1.29, 1.82) is 0 Å². The molecule has 180 valence electrons. The molecule has 0 spiro atoms. The van der Waals surface area contributed by atoms with E-state index in [1.54, 1.807) is 0 Å². The van der Waals surface area contributed by atoms with E-state index in [2.05, 4.69) is 6.92 Å². The molecule has 3 unspecified atom stereocenters. The lowest BCUT2D eigenvalue weighted by Crippen LogP contribution is -2.36. The maximum absolute atomic E-state index is 6.12. The van der Waals surface area contributed by atoms with Crippen LogP contribution in [0.3, 0.4) is 0 Å². The highest BCUT2D eigenvalue weighted by Crippen LogP contribution is 2.31. The summed E-state index contributed by atoms with van der Waals surface area (Å²) in [6.07, 6.45) is 23.0. The second-order valence-electron chi connectivity index (χ2n) is 9.53. The average Bonchev–Trinajstić information content (AvgIpc) is 2.77.